The fourth-order valence-electron chi connectivity index (χ4n) is 2.88. The van der Waals surface area contributed by atoms with Crippen molar-refractivity contribution in [2.75, 3.05) is 0 Å². The Morgan fingerprint density at radius 3 is 2.48 bits per heavy atom. The summed E-state index contributed by atoms with van der Waals surface area (Å²) in [5.41, 5.74) is 3.88. The van der Waals surface area contributed by atoms with Gasteiger partial charge in [0.25, 0.3) is 0 Å². The van der Waals surface area contributed by atoms with Crippen molar-refractivity contribution in [3.63, 3.8) is 0 Å². The van der Waals surface area contributed by atoms with E-state index >= 15 is 0 Å². The first-order valence-electron chi connectivity index (χ1n) is 10.5. The van der Waals surface area contributed by atoms with Gasteiger partial charge in [0.2, 0.25) is 0 Å². The van der Waals surface area contributed by atoms with E-state index in [0.29, 0.717) is 12.3 Å². The zero-order valence-corrected chi connectivity index (χ0v) is 19.3. The summed E-state index contributed by atoms with van der Waals surface area (Å²) in [6.45, 7) is 11.1. The van der Waals surface area contributed by atoms with E-state index in [9.17, 15) is 0 Å². The van der Waals surface area contributed by atoms with Crippen LogP contribution in [0.5, 0.6) is 0 Å². The minimum absolute atomic E-state index is 0.642. The Kier molecular flexibility index (Phi) is 10.4. The maximum atomic E-state index is 9.07. The molecule has 1 aliphatic carbocycles. The maximum absolute atomic E-state index is 9.07. The van der Waals surface area contributed by atoms with Gasteiger partial charge in [-0.1, -0.05) is 55.9 Å². The number of aromatic nitrogens is 1. The second kappa shape index (κ2) is 13.3. The number of hydrogen-bond acceptors (Lipinski definition) is 4. The molecule has 2 aromatic rings. The molecule has 1 aromatic carbocycles. The fraction of sp³-hybridized carbons (Fsp3) is 0.259. The average molecular weight is 431 g/mol. The molecular weight excluding hydrogens is 400 g/mol. The molecule has 160 valence electrons. The Morgan fingerprint density at radius 2 is 1.87 bits per heavy atom. The average Bonchev–Trinajstić information content (AvgIpc) is 2.99. The Hall–Kier alpha value is -3.03. The Balaban J connectivity index is 0.000000501. The van der Waals surface area contributed by atoms with Gasteiger partial charge in [-0.15, -0.1) is 13.2 Å². The van der Waals surface area contributed by atoms with Crippen LogP contribution in [0.25, 0.3) is 5.57 Å². The summed E-state index contributed by atoms with van der Waals surface area (Å²) in [6, 6.07) is 10.8. The van der Waals surface area contributed by atoms with Crippen LogP contribution in [0.3, 0.4) is 0 Å². The highest BCUT2D eigenvalue weighted by atomic mass is 32.2. The summed E-state index contributed by atoms with van der Waals surface area (Å²) in [7, 11) is 0. The molecule has 3 rings (SSSR count). The number of oxazole rings is 1. The molecule has 0 unspecified atom stereocenters. The van der Waals surface area contributed by atoms with Gasteiger partial charge in [-0.25, -0.2) is 4.98 Å². The molecule has 0 saturated heterocycles. The van der Waals surface area contributed by atoms with E-state index in [4.69, 9.17) is 9.68 Å². The Bertz CT molecular complexity index is 993. The first kappa shape index (κ1) is 24.2. The topological polar surface area (TPSA) is 49.8 Å². The molecule has 1 aliphatic rings. The van der Waals surface area contributed by atoms with Crippen LogP contribution in [0.4, 0.5) is 0 Å². The van der Waals surface area contributed by atoms with Gasteiger partial charge in [0.15, 0.2) is 11.0 Å². The van der Waals surface area contributed by atoms with Crippen molar-refractivity contribution in [2.24, 2.45) is 0 Å². The zero-order valence-electron chi connectivity index (χ0n) is 18.4. The summed E-state index contributed by atoms with van der Waals surface area (Å²) >= 11 is 1.58. The minimum atomic E-state index is 0.642. The quantitative estimate of drug-likeness (QED) is 0.314. The van der Waals surface area contributed by atoms with Crippen molar-refractivity contribution < 1.29 is 4.42 Å². The maximum Gasteiger partial charge on any atom is 0.193 e. The third-order valence-electron chi connectivity index (χ3n) is 4.47. The zero-order chi connectivity index (χ0) is 22.5. The van der Waals surface area contributed by atoms with Crippen LogP contribution in [0.15, 0.2) is 93.9 Å². The van der Waals surface area contributed by atoms with E-state index in [1.807, 2.05) is 43.4 Å². The van der Waals surface area contributed by atoms with Crippen molar-refractivity contribution in [1.82, 2.24) is 4.98 Å². The lowest BCUT2D eigenvalue weighted by atomic mass is 10.1. The molecule has 0 atom stereocenters. The molecule has 3 nitrogen and oxygen atoms in total. The molecule has 31 heavy (non-hydrogen) atoms. The molecule has 0 N–H and O–H groups in total. The van der Waals surface area contributed by atoms with Crippen molar-refractivity contribution in [1.29, 1.82) is 5.26 Å². The van der Waals surface area contributed by atoms with E-state index in [2.05, 4.69) is 55.4 Å². The van der Waals surface area contributed by atoms with Gasteiger partial charge < -0.3 is 4.42 Å². The van der Waals surface area contributed by atoms with Gasteiger partial charge >= 0.3 is 0 Å². The number of nitrogens with zero attached hydrogens (tertiary/aromatic N) is 2. The van der Waals surface area contributed by atoms with Crippen LogP contribution in [0, 0.1) is 18.3 Å². The van der Waals surface area contributed by atoms with Crippen LogP contribution in [-0.4, -0.2) is 4.98 Å². The molecule has 0 radical (unpaired) electrons. The molecule has 0 saturated carbocycles. The molecule has 1 aromatic heterocycles. The summed E-state index contributed by atoms with van der Waals surface area (Å²) in [5.74, 6) is 0.642. The van der Waals surface area contributed by atoms with Crippen LogP contribution < -0.4 is 0 Å². The number of unbranched alkanes of at least 4 members (excludes halogenated alkanes) is 1. The molecule has 4 heteroatoms. The number of allylic oxidation sites excluding steroid dienone is 8. The Labute approximate surface area is 190 Å². The number of hydrogen-bond donors (Lipinski definition) is 0. The second-order valence-corrected chi connectivity index (χ2v) is 8.10. The molecule has 0 spiro atoms. The molecule has 0 aliphatic heterocycles. The highest BCUT2D eigenvalue weighted by Gasteiger charge is 2.16. The molecular formula is C27H30N2OS. The minimum Gasteiger partial charge on any atom is -0.434 e. The van der Waals surface area contributed by atoms with Gasteiger partial charge in [-0.05, 0) is 54.8 Å². The van der Waals surface area contributed by atoms with Crippen LogP contribution in [0.1, 0.15) is 49.8 Å². The van der Waals surface area contributed by atoms with Gasteiger partial charge in [0.05, 0.1) is 6.07 Å². The van der Waals surface area contributed by atoms with E-state index in [1.54, 1.807) is 11.8 Å². The molecule has 0 amide bonds. The van der Waals surface area contributed by atoms with E-state index < -0.39 is 0 Å². The molecule has 1 heterocycles. The van der Waals surface area contributed by atoms with Crippen LogP contribution in [-0.2, 0) is 6.42 Å². The van der Waals surface area contributed by atoms with Crippen molar-refractivity contribution in [3.8, 4) is 6.07 Å². The fourth-order valence-corrected chi connectivity index (χ4v) is 3.79. The smallest absolute Gasteiger partial charge is 0.193 e. The SMILES string of the molecule is C=CCCC=C.CCCc1ccc(Sc2oc(C)nc2C2=CC=C(C#N)CC=C2)cc1. The number of rotatable bonds is 8. The monoisotopic (exact) mass is 430 g/mol. The van der Waals surface area contributed by atoms with Crippen molar-refractivity contribution >= 4 is 17.3 Å². The van der Waals surface area contributed by atoms with Crippen LogP contribution in [0.2, 0.25) is 0 Å². The third kappa shape index (κ3) is 7.96. The number of aryl methyl sites for hydroxylation is 2. The second-order valence-electron chi connectivity index (χ2n) is 7.05. The number of benzene rings is 1. The summed E-state index contributed by atoms with van der Waals surface area (Å²) < 4.78 is 5.83. The largest absolute Gasteiger partial charge is 0.434 e. The predicted molar refractivity (Wildman–Crippen MR) is 131 cm³/mol. The van der Waals surface area contributed by atoms with E-state index in [1.165, 1.54) is 5.56 Å². The lowest BCUT2D eigenvalue weighted by molar-refractivity contribution is 0.441. The van der Waals surface area contributed by atoms with Gasteiger partial charge in [-0.2, -0.15) is 5.26 Å². The molecule has 0 bridgehead atoms. The Morgan fingerprint density at radius 1 is 1.16 bits per heavy atom. The molecule has 0 fully saturated rings. The lowest BCUT2D eigenvalue weighted by Crippen LogP contribution is -1.85. The highest BCUT2D eigenvalue weighted by molar-refractivity contribution is 7.99. The van der Waals surface area contributed by atoms with Gasteiger partial charge in [0, 0.05) is 29.4 Å². The predicted octanol–water partition coefficient (Wildman–Crippen LogP) is 8.02. The van der Waals surface area contributed by atoms with Crippen molar-refractivity contribution in [2.45, 2.75) is 55.9 Å². The highest BCUT2D eigenvalue weighted by Crippen LogP contribution is 2.35. The standard InChI is InChI=1S/C21H20N2OS.C6H10/c1-3-5-16-9-12-19(13-10-16)25-21-20(23-15(2)24-21)18-7-4-6-17(14-22)8-11-18;1-3-5-6-4-2/h4,7-13H,3,5-6H2,1-2H3;3-4H,1-2,5-6H2. The van der Waals surface area contributed by atoms with Crippen molar-refractivity contribution in [3.05, 3.63) is 96.6 Å². The van der Waals surface area contributed by atoms with Crippen LogP contribution >= 0.6 is 11.8 Å². The van der Waals surface area contributed by atoms with E-state index in [-0.39, 0.29) is 0 Å². The number of nitriles is 1. The normalized spacial score (nSPS) is 12.5. The van der Waals surface area contributed by atoms with Gasteiger partial charge in [0.1, 0.15) is 5.69 Å². The summed E-state index contributed by atoms with van der Waals surface area (Å²) in [4.78, 5) is 5.68. The first-order chi connectivity index (χ1) is 15.1. The summed E-state index contributed by atoms with van der Waals surface area (Å²) in [5, 5.41) is 9.85. The first-order valence-corrected chi connectivity index (χ1v) is 11.4. The summed E-state index contributed by atoms with van der Waals surface area (Å²) in [6.07, 6.45) is 16.6. The van der Waals surface area contributed by atoms with Gasteiger partial charge in [-0.3, -0.25) is 0 Å². The van der Waals surface area contributed by atoms with E-state index in [0.717, 1.165) is 52.5 Å². The lowest BCUT2D eigenvalue weighted by Gasteiger charge is -2.03. The third-order valence-corrected chi connectivity index (χ3v) is 5.44.